The average molecular weight is 413 g/mol. The van der Waals surface area contributed by atoms with Gasteiger partial charge in [0.1, 0.15) is 11.4 Å². The quantitative estimate of drug-likeness (QED) is 0.491. The summed E-state index contributed by atoms with van der Waals surface area (Å²) in [6.07, 6.45) is 3.36. The van der Waals surface area contributed by atoms with Crippen molar-refractivity contribution in [3.63, 3.8) is 0 Å². The monoisotopic (exact) mass is 413 g/mol. The third-order valence-corrected chi connectivity index (χ3v) is 4.88. The molecular formula is C24H23N5O2. The highest BCUT2D eigenvalue weighted by Gasteiger charge is 2.23. The minimum Gasteiger partial charge on any atom is -0.494 e. The van der Waals surface area contributed by atoms with E-state index in [-0.39, 0.29) is 17.6 Å². The van der Waals surface area contributed by atoms with Crippen LogP contribution in [0.5, 0.6) is 5.75 Å². The first-order valence-electron chi connectivity index (χ1n) is 10.1. The molecule has 0 spiro atoms. The molecule has 7 heteroatoms. The van der Waals surface area contributed by atoms with Crippen LogP contribution in [-0.2, 0) is 0 Å². The van der Waals surface area contributed by atoms with E-state index in [1.165, 1.54) is 0 Å². The zero-order valence-corrected chi connectivity index (χ0v) is 17.4. The van der Waals surface area contributed by atoms with Gasteiger partial charge in [-0.05, 0) is 55.8 Å². The molecule has 0 saturated heterocycles. The minimum atomic E-state index is -0.291. The largest absolute Gasteiger partial charge is 0.494 e. The smallest absolute Gasteiger partial charge is 0.274 e. The number of carbonyl (C=O) groups is 1. The van der Waals surface area contributed by atoms with Crippen molar-refractivity contribution in [2.24, 2.45) is 0 Å². The van der Waals surface area contributed by atoms with Gasteiger partial charge in [-0.25, -0.2) is 4.68 Å². The SMILES string of the molecule is CCOc1ccc(-n2nnc(C(=O)NC(C)c3ccccc3)c2-c2ccncc2)cc1. The molecule has 31 heavy (non-hydrogen) atoms. The molecule has 0 saturated carbocycles. The fraction of sp³-hybridized carbons (Fsp3) is 0.167. The lowest BCUT2D eigenvalue weighted by molar-refractivity contribution is 0.0935. The fourth-order valence-electron chi connectivity index (χ4n) is 3.32. The number of rotatable bonds is 7. The van der Waals surface area contributed by atoms with Crippen molar-refractivity contribution in [2.75, 3.05) is 6.61 Å². The van der Waals surface area contributed by atoms with E-state index < -0.39 is 0 Å². The fourth-order valence-corrected chi connectivity index (χ4v) is 3.32. The first kappa shape index (κ1) is 20.3. The molecule has 1 atom stereocenters. The van der Waals surface area contributed by atoms with Crippen LogP contribution < -0.4 is 10.1 Å². The Morgan fingerprint density at radius 1 is 1.03 bits per heavy atom. The third kappa shape index (κ3) is 4.45. The number of nitrogens with zero attached hydrogens (tertiary/aromatic N) is 4. The van der Waals surface area contributed by atoms with E-state index >= 15 is 0 Å². The van der Waals surface area contributed by atoms with Gasteiger partial charge in [-0.3, -0.25) is 9.78 Å². The second kappa shape index (κ2) is 9.21. The van der Waals surface area contributed by atoms with Crippen molar-refractivity contribution in [2.45, 2.75) is 19.9 Å². The predicted molar refractivity (Wildman–Crippen MR) is 118 cm³/mol. The van der Waals surface area contributed by atoms with Crippen LogP contribution in [0, 0.1) is 0 Å². The summed E-state index contributed by atoms with van der Waals surface area (Å²) in [5.41, 5.74) is 3.44. The molecule has 0 aliphatic heterocycles. The third-order valence-electron chi connectivity index (χ3n) is 4.88. The Hall–Kier alpha value is -4.00. The standard InChI is InChI=1S/C24H23N5O2/c1-3-31-21-11-9-20(10-12-21)29-23(19-13-15-25-16-14-19)22(27-28-29)24(30)26-17(2)18-7-5-4-6-8-18/h4-17H,3H2,1-2H3,(H,26,30). The van der Waals surface area contributed by atoms with E-state index in [9.17, 15) is 4.79 Å². The Labute approximate surface area is 180 Å². The molecule has 0 bridgehead atoms. The highest BCUT2D eigenvalue weighted by molar-refractivity contribution is 5.98. The molecule has 156 valence electrons. The van der Waals surface area contributed by atoms with Crippen molar-refractivity contribution >= 4 is 5.91 Å². The number of benzene rings is 2. The highest BCUT2D eigenvalue weighted by Crippen LogP contribution is 2.26. The number of pyridine rings is 1. The van der Waals surface area contributed by atoms with Crippen molar-refractivity contribution < 1.29 is 9.53 Å². The molecule has 0 radical (unpaired) electrons. The van der Waals surface area contributed by atoms with E-state index in [1.54, 1.807) is 17.1 Å². The second-order valence-electron chi connectivity index (χ2n) is 6.97. The van der Waals surface area contributed by atoms with Crippen molar-refractivity contribution in [3.8, 4) is 22.7 Å². The molecule has 0 aliphatic carbocycles. The molecule has 1 amide bonds. The van der Waals surface area contributed by atoms with Crippen LogP contribution in [-0.4, -0.2) is 32.5 Å². The average Bonchev–Trinajstić information content (AvgIpc) is 3.26. The highest BCUT2D eigenvalue weighted by atomic mass is 16.5. The topological polar surface area (TPSA) is 81.9 Å². The van der Waals surface area contributed by atoms with Crippen LogP contribution >= 0.6 is 0 Å². The molecule has 2 aromatic carbocycles. The van der Waals surface area contributed by atoms with Gasteiger partial charge in [-0.15, -0.1) is 5.10 Å². The maximum Gasteiger partial charge on any atom is 0.274 e. The molecule has 7 nitrogen and oxygen atoms in total. The van der Waals surface area contributed by atoms with Gasteiger partial charge < -0.3 is 10.1 Å². The predicted octanol–water partition coefficient (Wildman–Crippen LogP) is 4.22. The first-order chi connectivity index (χ1) is 15.2. The number of nitrogens with one attached hydrogen (secondary N) is 1. The maximum absolute atomic E-state index is 13.1. The molecule has 1 unspecified atom stereocenters. The summed E-state index contributed by atoms with van der Waals surface area (Å²) in [5, 5.41) is 11.5. The number of amides is 1. The summed E-state index contributed by atoms with van der Waals surface area (Å²) in [6.45, 7) is 4.47. The van der Waals surface area contributed by atoms with Gasteiger partial charge in [-0.1, -0.05) is 35.5 Å². The van der Waals surface area contributed by atoms with Crippen LogP contribution in [0.4, 0.5) is 0 Å². The molecule has 4 aromatic rings. The van der Waals surface area contributed by atoms with Gasteiger partial charge in [-0.2, -0.15) is 0 Å². The van der Waals surface area contributed by atoms with Gasteiger partial charge in [0.05, 0.1) is 18.3 Å². The Morgan fingerprint density at radius 2 is 1.74 bits per heavy atom. The second-order valence-corrected chi connectivity index (χ2v) is 6.97. The number of ether oxygens (including phenoxy) is 1. The van der Waals surface area contributed by atoms with Crippen LogP contribution in [0.1, 0.15) is 35.9 Å². The van der Waals surface area contributed by atoms with Crippen molar-refractivity contribution in [1.82, 2.24) is 25.3 Å². The van der Waals surface area contributed by atoms with Gasteiger partial charge in [0.25, 0.3) is 5.91 Å². The van der Waals surface area contributed by atoms with Crippen LogP contribution in [0.25, 0.3) is 16.9 Å². The minimum absolute atomic E-state index is 0.172. The number of aromatic nitrogens is 4. The van der Waals surface area contributed by atoms with Gasteiger partial charge in [0.15, 0.2) is 5.69 Å². The summed E-state index contributed by atoms with van der Waals surface area (Å²) in [4.78, 5) is 17.2. The Morgan fingerprint density at radius 3 is 2.42 bits per heavy atom. The van der Waals surface area contributed by atoms with Crippen LogP contribution in [0.15, 0.2) is 79.1 Å². The lowest BCUT2D eigenvalue weighted by Gasteiger charge is -2.14. The zero-order chi connectivity index (χ0) is 21.6. The lowest BCUT2D eigenvalue weighted by Crippen LogP contribution is -2.27. The van der Waals surface area contributed by atoms with E-state index in [1.807, 2.05) is 80.6 Å². The summed E-state index contributed by atoms with van der Waals surface area (Å²) in [5.74, 6) is 0.479. The molecular weight excluding hydrogens is 390 g/mol. The van der Waals surface area contributed by atoms with Crippen LogP contribution in [0.2, 0.25) is 0 Å². The summed E-state index contributed by atoms with van der Waals surface area (Å²) >= 11 is 0. The normalized spacial score (nSPS) is 11.7. The summed E-state index contributed by atoms with van der Waals surface area (Å²) in [6, 6.07) is 20.8. The van der Waals surface area contributed by atoms with Gasteiger partial charge >= 0.3 is 0 Å². The van der Waals surface area contributed by atoms with E-state index in [2.05, 4.69) is 20.6 Å². The van der Waals surface area contributed by atoms with Gasteiger partial charge in [0, 0.05) is 18.0 Å². The van der Waals surface area contributed by atoms with Crippen molar-refractivity contribution in [1.29, 1.82) is 0 Å². The maximum atomic E-state index is 13.1. The Balaban J connectivity index is 1.70. The Kier molecular flexibility index (Phi) is 6.03. The number of carbonyl (C=O) groups excluding carboxylic acids is 1. The number of hydrogen-bond donors (Lipinski definition) is 1. The molecule has 4 rings (SSSR count). The molecule has 2 heterocycles. The lowest BCUT2D eigenvalue weighted by atomic mass is 10.1. The summed E-state index contributed by atoms with van der Waals surface area (Å²) < 4.78 is 7.18. The molecule has 1 N–H and O–H groups in total. The first-order valence-corrected chi connectivity index (χ1v) is 10.1. The zero-order valence-electron chi connectivity index (χ0n) is 17.4. The van der Waals surface area contributed by atoms with Crippen LogP contribution in [0.3, 0.4) is 0 Å². The van der Waals surface area contributed by atoms with E-state index in [0.29, 0.717) is 12.3 Å². The van der Waals surface area contributed by atoms with Gasteiger partial charge in [0.2, 0.25) is 0 Å². The van der Waals surface area contributed by atoms with Crippen molar-refractivity contribution in [3.05, 3.63) is 90.4 Å². The van der Waals surface area contributed by atoms with E-state index in [0.717, 1.165) is 22.6 Å². The molecule has 0 aliphatic rings. The molecule has 0 fully saturated rings. The molecule has 2 aromatic heterocycles. The Bertz CT molecular complexity index is 1140. The number of hydrogen-bond acceptors (Lipinski definition) is 5. The van der Waals surface area contributed by atoms with E-state index in [4.69, 9.17) is 4.74 Å². The summed E-state index contributed by atoms with van der Waals surface area (Å²) in [7, 11) is 0.